The molecule has 1 aromatic rings. The molecule has 1 atom stereocenters. The van der Waals surface area contributed by atoms with Gasteiger partial charge in [-0.05, 0) is 11.6 Å². The van der Waals surface area contributed by atoms with Gasteiger partial charge < -0.3 is 5.11 Å². The Hall–Kier alpha value is -1.82. The molecule has 0 aliphatic carbocycles. The van der Waals surface area contributed by atoms with Crippen molar-refractivity contribution < 1.29 is 18.3 Å². The van der Waals surface area contributed by atoms with Gasteiger partial charge >= 0.3 is 5.97 Å². The van der Waals surface area contributed by atoms with Gasteiger partial charge in [-0.2, -0.15) is 0 Å². The van der Waals surface area contributed by atoms with E-state index in [1.807, 2.05) is 0 Å². The van der Waals surface area contributed by atoms with Crippen LogP contribution in [0, 0.1) is 0 Å². The number of para-hydroxylation sites is 1. The Balaban J connectivity index is 2.49. The molecule has 0 bridgehead atoms. The van der Waals surface area contributed by atoms with Gasteiger partial charge in [-0.25, -0.2) is 8.42 Å². The molecule has 18 heavy (non-hydrogen) atoms. The highest BCUT2D eigenvalue weighted by Crippen LogP contribution is 2.37. The van der Waals surface area contributed by atoms with Crippen LogP contribution in [0.2, 0.25) is 0 Å². The number of nitrogens with zero attached hydrogens (tertiary/aromatic N) is 1. The number of carbonyl (C=O) groups is 1. The fraction of sp³-hybridized carbons (Fsp3) is 0.250. The van der Waals surface area contributed by atoms with E-state index >= 15 is 0 Å². The minimum atomic E-state index is -3.54. The van der Waals surface area contributed by atoms with E-state index in [0.29, 0.717) is 11.3 Å². The summed E-state index contributed by atoms with van der Waals surface area (Å²) in [6.45, 7) is 3.35. The summed E-state index contributed by atoms with van der Waals surface area (Å²) in [4.78, 5) is 11.2. The summed E-state index contributed by atoms with van der Waals surface area (Å²) in [6, 6.07) is 6.67. The lowest BCUT2D eigenvalue weighted by Gasteiger charge is -2.18. The molecule has 0 fully saturated rings. The first-order valence-electron chi connectivity index (χ1n) is 5.40. The maximum atomic E-state index is 12.0. The summed E-state index contributed by atoms with van der Waals surface area (Å²) < 4.78 is 25.2. The van der Waals surface area contributed by atoms with Crippen molar-refractivity contribution in [3.63, 3.8) is 0 Å². The number of hydrogen-bond donors (Lipinski definition) is 1. The fourth-order valence-corrected chi connectivity index (χ4v) is 3.41. The van der Waals surface area contributed by atoms with Crippen molar-refractivity contribution in [3.05, 3.63) is 42.5 Å². The Bertz CT molecular complexity index is 594. The van der Waals surface area contributed by atoms with E-state index in [1.54, 1.807) is 24.3 Å². The van der Waals surface area contributed by atoms with Crippen molar-refractivity contribution in [1.29, 1.82) is 0 Å². The van der Waals surface area contributed by atoms with E-state index in [9.17, 15) is 13.2 Å². The minimum absolute atomic E-state index is 0.0507. The van der Waals surface area contributed by atoms with Crippen LogP contribution in [0.4, 0.5) is 5.69 Å². The Morgan fingerprint density at radius 1 is 1.50 bits per heavy atom. The van der Waals surface area contributed by atoms with Gasteiger partial charge in [0.25, 0.3) is 0 Å². The molecule has 0 aromatic heterocycles. The van der Waals surface area contributed by atoms with Crippen molar-refractivity contribution in [2.45, 2.75) is 5.92 Å². The predicted octanol–water partition coefficient (Wildman–Crippen LogP) is 1.19. The monoisotopic (exact) mass is 267 g/mol. The van der Waals surface area contributed by atoms with E-state index in [2.05, 4.69) is 6.58 Å². The van der Waals surface area contributed by atoms with Crippen LogP contribution >= 0.6 is 0 Å². The molecule has 6 heteroatoms. The highest BCUT2D eigenvalue weighted by Gasteiger charge is 2.38. The van der Waals surface area contributed by atoms with Crippen LogP contribution < -0.4 is 4.31 Å². The van der Waals surface area contributed by atoms with E-state index in [0.717, 1.165) is 4.31 Å². The highest BCUT2D eigenvalue weighted by molar-refractivity contribution is 7.92. The smallest absolute Gasteiger partial charge is 0.312 e. The van der Waals surface area contributed by atoms with E-state index < -0.39 is 21.9 Å². The van der Waals surface area contributed by atoms with Gasteiger partial charge in [0.2, 0.25) is 10.0 Å². The SMILES string of the molecule is C=CCS(=O)(=O)N1CC(C(=O)O)c2ccccc21. The maximum Gasteiger partial charge on any atom is 0.312 e. The molecule has 5 nitrogen and oxygen atoms in total. The fourth-order valence-electron chi connectivity index (χ4n) is 2.09. The zero-order valence-corrected chi connectivity index (χ0v) is 10.4. The number of hydrogen-bond acceptors (Lipinski definition) is 3. The molecule has 1 unspecified atom stereocenters. The summed E-state index contributed by atoms with van der Waals surface area (Å²) in [5.74, 6) is -2.02. The zero-order valence-electron chi connectivity index (χ0n) is 9.61. The van der Waals surface area contributed by atoms with Gasteiger partial charge in [-0.1, -0.05) is 24.3 Å². The van der Waals surface area contributed by atoms with Crippen molar-refractivity contribution in [1.82, 2.24) is 0 Å². The third-order valence-electron chi connectivity index (χ3n) is 2.89. The molecule has 1 aliphatic rings. The summed E-state index contributed by atoms with van der Waals surface area (Å²) in [6.07, 6.45) is 1.30. The van der Waals surface area contributed by atoms with Gasteiger partial charge in [0.1, 0.15) is 5.92 Å². The van der Waals surface area contributed by atoms with Crippen molar-refractivity contribution in [3.8, 4) is 0 Å². The van der Waals surface area contributed by atoms with Crippen molar-refractivity contribution >= 4 is 21.7 Å². The van der Waals surface area contributed by atoms with Crippen LogP contribution in [0.1, 0.15) is 11.5 Å². The van der Waals surface area contributed by atoms with E-state index in [4.69, 9.17) is 5.11 Å². The van der Waals surface area contributed by atoms with Crippen LogP contribution in [-0.4, -0.2) is 31.8 Å². The Labute approximate surface area is 105 Å². The van der Waals surface area contributed by atoms with Crippen molar-refractivity contribution in [2.24, 2.45) is 0 Å². The molecular formula is C12H13NO4S. The molecule has 1 aromatic carbocycles. The number of aliphatic carboxylic acids is 1. The second-order valence-corrected chi connectivity index (χ2v) is 5.99. The third kappa shape index (κ3) is 1.99. The van der Waals surface area contributed by atoms with Crippen LogP contribution in [0.3, 0.4) is 0 Å². The molecule has 2 rings (SSSR count). The molecule has 0 amide bonds. The highest BCUT2D eigenvalue weighted by atomic mass is 32.2. The number of fused-ring (bicyclic) bond motifs is 1. The molecule has 0 saturated carbocycles. The first-order chi connectivity index (χ1) is 8.47. The predicted molar refractivity (Wildman–Crippen MR) is 68.1 cm³/mol. The molecule has 0 radical (unpaired) electrons. The first kappa shape index (κ1) is 12.6. The molecule has 1 aliphatic heterocycles. The average Bonchev–Trinajstić information content (AvgIpc) is 2.69. The summed E-state index contributed by atoms with van der Waals surface area (Å²) in [5.41, 5.74) is 0.990. The van der Waals surface area contributed by atoms with Crippen LogP contribution in [-0.2, 0) is 14.8 Å². The number of benzene rings is 1. The third-order valence-corrected chi connectivity index (χ3v) is 4.57. The number of rotatable bonds is 4. The summed E-state index contributed by atoms with van der Waals surface area (Å²) in [7, 11) is -3.54. The lowest BCUT2D eigenvalue weighted by Crippen LogP contribution is -2.32. The van der Waals surface area contributed by atoms with Crippen LogP contribution in [0.15, 0.2) is 36.9 Å². The standard InChI is InChI=1S/C12H13NO4S/c1-2-7-18(16,17)13-8-10(12(14)15)9-5-3-4-6-11(9)13/h2-6,10H,1,7-8H2,(H,14,15). The van der Waals surface area contributed by atoms with Gasteiger partial charge in [-0.3, -0.25) is 9.10 Å². The lowest BCUT2D eigenvalue weighted by atomic mass is 10.0. The summed E-state index contributed by atoms with van der Waals surface area (Å²) in [5, 5.41) is 9.13. The molecule has 1 heterocycles. The molecule has 96 valence electrons. The largest absolute Gasteiger partial charge is 0.481 e. The van der Waals surface area contributed by atoms with Gasteiger partial charge in [0.15, 0.2) is 0 Å². The second kappa shape index (κ2) is 4.45. The lowest BCUT2D eigenvalue weighted by molar-refractivity contribution is -0.138. The van der Waals surface area contributed by atoms with Crippen molar-refractivity contribution in [2.75, 3.05) is 16.6 Å². The number of carboxylic acids is 1. The number of carboxylic acid groups (broad SMARTS) is 1. The maximum absolute atomic E-state index is 12.0. The second-order valence-electron chi connectivity index (χ2n) is 4.05. The molecular weight excluding hydrogens is 254 g/mol. The average molecular weight is 267 g/mol. The Morgan fingerprint density at radius 3 is 2.78 bits per heavy atom. The Kier molecular flexibility index (Phi) is 3.13. The molecule has 1 N–H and O–H groups in total. The van der Waals surface area contributed by atoms with Gasteiger partial charge in [-0.15, -0.1) is 6.58 Å². The number of sulfonamides is 1. The van der Waals surface area contributed by atoms with Crippen LogP contribution in [0.5, 0.6) is 0 Å². The first-order valence-corrected chi connectivity index (χ1v) is 7.01. The zero-order chi connectivity index (χ0) is 13.3. The molecule has 0 saturated heterocycles. The normalized spacial score (nSPS) is 18.4. The number of anilines is 1. The molecule has 0 spiro atoms. The quantitative estimate of drug-likeness (QED) is 0.831. The Morgan fingerprint density at radius 2 is 2.17 bits per heavy atom. The van der Waals surface area contributed by atoms with Gasteiger partial charge in [0, 0.05) is 0 Å². The minimum Gasteiger partial charge on any atom is -0.481 e. The van der Waals surface area contributed by atoms with E-state index in [1.165, 1.54) is 6.08 Å². The summed E-state index contributed by atoms with van der Waals surface area (Å²) >= 11 is 0. The topological polar surface area (TPSA) is 74.7 Å². The van der Waals surface area contributed by atoms with Gasteiger partial charge in [0.05, 0.1) is 18.0 Å². The van der Waals surface area contributed by atoms with E-state index in [-0.39, 0.29) is 12.3 Å². The van der Waals surface area contributed by atoms with Crippen LogP contribution in [0.25, 0.3) is 0 Å².